The summed E-state index contributed by atoms with van der Waals surface area (Å²) in [7, 11) is 0. The van der Waals surface area contributed by atoms with Crippen molar-refractivity contribution in [2.24, 2.45) is 17.8 Å². The lowest BCUT2D eigenvalue weighted by Gasteiger charge is -2.42. The highest BCUT2D eigenvalue weighted by Crippen LogP contribution is 2.68. The Bertz CT molecular complexity index is 1180. The van der Waals surface area contributed by atoms with Gasteiger partial charge in [-0.15, -0.1) is 24.9 Å². The summed E-state index contributed by atoms with van der Waals surface area (Å²) in [6, 6.07) is 8.52. The Morgan fingerprint density at radius 3 is 2.42 bits per heavy atom. The molecule has 4 rings (SSSR count). The molecule has 2 bridgehead atoms. The van der Waals surface area contributed by atoms with Gasteiger partial charge in [0, 0.05) is 35.8 Å². The van der Waals surface area contributed by atoms with Gasteiger partial charge in [0.25, 0.3) is 0 Å². The predicted molar refractivity (Wildman–Crippen MR) is 178 cm³/mol. The monoisotopic (exact) mass is 673 g/mol. The number of carbonyl (C=O) groups is 3. The first-order chi connectivity index (χ1) is 20.6. The number of thioether (sulfide) groups is 1. The molecule has 1 spiro atoms. The van der Waals surface area contributed by atoms with E-state index in [0.29, 0.717) is 26.1 Å². The minimum Gasteiger partial charge on any atom is -0.394 e. The van der Waals surface area contributed by atoms with Gasteiger partial charge in [-0.05, 0) is 31.2 Å². The maximum absolute atomic E-state index is 14.8. The molecule has 3 fully saturated rings. The van der Waals surface area contributed by atoms with Crippen LogP contribution in [-0.2, 0) is 20.9 Å². The molecule has 236 valence electrons. The van der Waals surface area contributed by atoms with E-state index in [-0.39, 0.29) is 46.4 Å². The topological polar surface area (TPSA) is 81.2 Å². The van der Waals surface area contributed by atoms with Crippen LogP contribution >= 0.6 is 27.7 Å². The number of aliphatic hydroxyl groups excluding tert-OH is 1. The number of nitrogens with zero attached hydrogens (tertiary/aromatic N) is 3. The molecule has 0 aromatic heterocycles. The largest absolute Gasteiger partial charge is 0.394 e. The standard InChI is InChI=1S/C34H48BrN3O4S/c1-7-14-23(6)37(18-9-3)33(42)30-34-19-25(35)29(43-34)27(28(34)32(41)38(30)26(21-39)22(5)10-4)31(40)36(17-8-2)20-24-15-12-11-13-16-24/h8-9,11-13,15-16,22-23,25-30,39H,2-3,7,10,14,17-21H2,1,4-6H3/t22-,23?,25?,26-,27-,28-,29-,30?,34?/m0/s1. The highest BCUT2D eigenvalue weighted by atomic mass is 79.9. The normalized spacial score (nSPS) is 29.6. The van der Waals surface area contributed by atoms with Crippen LogP contribution in [0.5, 0.6) is 0 Å². The lowest BCUT2D eigenvalue weighted by molar-refractivity contribution is -0.148. The zero-order valence-corrected chi connectivity index (χ0v) is 28.4. The summed E-state index contributed by atoms with van der Waals surface area (Å²) in [6.07, 6.45) is 6.59. The number of amides is 3. The van der Waals surface area contributed by atoms with Crippen molar-refractivity contribution in [3.05, 3.63) is 61.2 Å². The third-order valence-corrected chi connectivity index (χ3v) is 13.0. The van der Waals surface area contributed by atoms with Crippen molar-refractivity contribution >= 4 is 45.4 Å². The molecule has 3 aliphatic heterocycles. The summed E-state index contributed by atoms with van der Waals surface area (Å²) in [5.41, 5.74) is 1.01. The van der Waals surface area contributed by atoms with E-state index in [1.54, 1.807) is 33.7 Å². The van der Waals surface area contributed by atoms with Crippen LogP contribution in [0, 0.1) is 17.8 Å². The van der Waals surface area contributed by atoms with E-state index >= 15 is 0 Å². The lowest BCUT2D eigenvalue weighted by atomic mass is 9.70. The molecule has 3 aliphatic rings. The van der Waals surface area contributed by atoms with Crippen molar-refractivity contribution < 1.29 is 19.5 Å². The molecule has 9 heteroatoms. The van der Waals surface area contributed by atoms with E-state index in [9.17, 15) is 19.5 Å². The Morgan fingerprint density at radius 2 is 1.84 bits per heavy atom. The first-order valence-electron chi connectivity index (χ1n) is 15.7. The van der Waals surface area contributed by atoms with E-state index < -0.39 is 28.7 Å². The molecule has 3 saturated heterocycles. The molecule has 3 heterocycles. The number of fused-ring (bicyclic) bond motifs is 1. The molecule has 4 unspecified atom stereocenters. The molecule has 3 amide bonds. The number of rotatable bonds is 15. The maximum atomic E-state index is 14.8. The van der Waals surface area contributed by atoms with Gasteiger partial charge in [-0.1, -0.05) is 92.0 Å². The summed E-state index contributed by atoms with van der Waals surface area (Å²) < 4.78 is -0.772. The number of alkyl halides is 1. The third-order valence-electron chi connectivity index (χ3n) is 9.82. The number of aliphatic hydroxyl groups is 1. The SMILES string of the molecule is C=CCN(Cc1ccccc1)C(=O)[C@H]1[C@H]2C(=O)N([C@@H](CO)[C@@H](C)CC)C(C(=O)N(CC=C)C(C)CCC)C23CC(Br)[C@@H]1S3. The van der Waals surface area contributed by atoms with Crippen molar-refractivity contribution in [1.82, 2.24) is 14.7 Å². The summed E-state index contributed by atoms with van der Waals surface area (Å²) in [6.45, 7) is 17.0. The molecule has 1 aromatic carbocycles. The fourth-order valence-corrected chi connectivity index (χ4v) is 11.1. The minimum atomic E-state index is -0.773. The minimum absolute atomic E-state index is 0.0214. The lowest BCUT2D eigenvalue weighted by Crippen LogP contribution is -2.60. The van der Waals surface area contributed by atoms with Gasteiger partial charge >= 0.3 is 0 Å². The Balaban J connectivity index is 1.81. The number of halogens is 1. The maximum Gasteiger partial charge on any atom is 0.247 e. The van der Waals surface area contributed by atoms with Gasteiger partial charge in [0.2, 0.25) is 17.7 Å². The van der Waals surface area contributed by atoms with E-state index in [4.69, 9.17) is 0 Å². The molecule has 0 aliphatic carbocycles. The second kappa shape index (κ2) is 14.3. The van der Waals surface area contributed by atoms with Crippen molar-refractivity contribution in [1.29, 1.82) is 0 Å². The average Bonchev–Trinajstić information content (AvgIpc) is 3.59. The fourth-order valence-electron chi connectivity index (χ4n) is 7.56. The number of benzene rings is 1. The average molecular weight is 675 g/mol. The fraction of sp³-hybridized carbons (Fsp3) is 0.618. The predicted octanol–water partition coefficient (Wildman–Crippen LogP) is 5.28. The molecule has 0 saturated carbocycles. The van der Waals surface area contributed by atoms with E-state index in [0.717, 1.165) is 24.8 Å². The summed E-state index contributed by atoms with van der Waals surface area (Å²) in [5.74, 6) is -1.61. The Hall–Kier alpha value is -2.10. The van der Waals surface area contributed by atoms with Gasteiger partial charge in [0.15, 0.2) is 0 Å². The van der Waals surface area contributed by atoms with Crippen LogP contribution in [0.4, 0.5) is 0 Å². The molecule has 9 atom stereocenters. The summed E-state index contributed by atoms with van der Waals surface area (Å²) in [5, 5.41) is 10.5. The number of hydrogen-bond acceptors (Lipinski definition) is 5. The number of hydrogen-bond donors (Lipinski definition) is 1. The number of carbonyl (C=O) groups excluding carboxylic acids is 3. The van der Waals surface area contributed by atoms with Crippen LogP contribution < -0.4 is 0 Å². The van der Waals surface area contributed by atoms with Crippen LogP contribution in [0.2, 0.25) is 0 Å². The van der Waals surface area contributed by atoms with Crippen molar-refractivity contribution in [3.8, 4) is 0 Å². The second-order valence-electron chi connectivity index (χ2n) is 12.5. The molecule has 7 nitrogen and oxygen atoms in total. The quantitative estimate of drug-likeness (QED) is 0.203. The van der Waals surface area contributed by atoms with Crippen molar-refractivity contribution in [2.45, 2.75) is 92.9 Å². The molecule has 0 radical (unpaired) electrons. The molecular formula is C34H48BrN3O4S. The highest BCUT2D eigenvalue weighted by molar-refractivity contribution is 9.09. The van der Waals surface area contributed by atoms with Gasteiger partial charge in [-0.2, -0.15) is 0 Å². The van der Waals surface area contributed by atoms with Crippen molar-refractivity contribution in [3.63, 3.8) is 0 Å². The molecule has 1 N–H and O–H groups in total. The van der Waals surface area contributed by atoms with Gasteiger partial charge in [0.05, 0.1) is 29.2 Å². The Morgan fingerprint density at radius 1 is 1.16 bits per heavy atom. The van der Waals surface area contributed by atoms with E-state index in [1.807, 2.05) is 49.1 Å². The first-order valence-corrected chi connectivity index (χ1v) is 17.5. The van der Waals surface area contributed by atoms with E-state index in [1.165, 1.54) is 0 Å². The zero-order valence-electron chi connectivity index (χ0n) is 26.0. The smallest absolute Gasteiger partial charge is 0.247 e. The van der Waals surface area contributed by atoms with Gasteiger partial charge in [0.1, 0.15) is 6.04 Å². The number of likely N-dealkylation sites (tertiary alicyclic amines) is 1. The summed E-state index contributed by atoms with van der Waals surface area (Å²) >= 11 is 5.54. The van der Waals surface area contributed by atoms with Gasteiger partial charge in [-0.25, -0.2) is 0 Å². The first kappa shape index (κ1) is 33.8. The van der Waals surface area contributed by atoms with Crippen LogP contribution in [0.25, 0.3) is 0 Å². The second-order valence-corrected chi connectivity index (χ2v) is 15.2. The third kappa shape index (κ3) is 6.10. The Labute approximate surface area is 270 Å². The van der Waals surface area contributed by atoms with E-state index in [2.05, 4.69) is 42.9 Å². The highest BCUT2D eigenvalue weighted by Gasteiger charge is 2.76. The van der Waals surface area contributed by atoms with Gasteiger partial charge in [-0.3, -0.25) is 14.4 Å². The van der Waals surface area contributed by atoms with Gasteiger partial charge < -0.3 is 19.8 Å². The molecule has 43 heavy (non-hydrogen) atoms. The van der Waals surface area contributed by atoms with Crippen LogP contribution in [-0.4, -0.2) is 90.2 Å². The Kier molecular flexibility index (Phi) is 11.3. The van der Waals surface area contributed by atoms with Crippen LogP contribution in [0.15, 0.2) is 55.6 Å². The zero-order chi connectivity index (χ0) is 31.5. The van der Waals surface area contributed by atoms with Crippen molar-refractivity contribution in [2.75, 3.05) is 19.7 Å². The molecule has 1 aromatic rings. The molecular weight excluding hydrogens is 626 g/mol. The summed E-state index contributed by atoms with van der Waals surface area (Å²) in [4.78, 5) is 49.4. The van der Waals surface area contributed by atoms with Crippen LogP contribution in [0.3, 0.4) is 0 Å². The van der Waals surface area contributed by atoms with Crippen LogP contribution in [0.1, 0.15) is 58.9 Å².